The highest BCUT2D eigenvalue weighted by molar-refractivity contribution is 5.91. The second kappa shape index (κ2) is 6.18. The molecule has 1 atom stereocenters. The SMILES string of the molecule is O=C(N[C@H](c1cnc2ccccc2c1)C1CC(O)C1)c1cc(=O)[nH]o1. The zero-order chi connectivity index (χ0) is 17.4. The second-order valence-corrected chi connectivity index (χ2v) is 6.37. The summed E-state index contributed by atoms with van der Waals surface area (Å²) in [5, 5.41) is 15.6. The maximum atomic E-state index is 12.4. The van der Waals surface area contributed by atoms with Crippen LogP contribution in [0.15, 0.2) is 51.9 Å². The van der Waals surface area contributed by atoms with E-state index in [1.807, 2.05) is 30.3 Å². The van der Waals surface area contributed by atoms with Crippen LogP contribution < -0.4 is 10.9 Å². The lowest BCUT2D eigenvalue weighted by Gasteiger charge is -2.38. The van der Waals surface area contributed by atoms with Crippen molar-refractivity contribution in [2.45, 2.75) is 25.0 Å². The Kier molecular flexibility index (Phi) is 3.85. The van der Waals surface area contributed by atoms with Crippen LogP contribution in [0.2, 0.25) is 0 Å². The zero-order valence-electron chi connectivity index (χ0n) is 13.3. The number of nitrogens with zero attached hydrogens (tertiary/aromatic N) is 1. The second-order valence-electron chi connectivity index (χ2n) is 6.37. The van der Waals surface area contributed by atoms with Gasteiger partial charge in [0.2, 0.25) is 5.76 Å². The van der Waals surface area contributed by atoms with Crippen molar-refractivity contribution in [2.75, 3.05) is 0 Å². The van der Waals surface area contributed by atoms with Crippen molar-refractivity contribution in [2.24, 2.45) is 5.92 Å². The molecule has 7 nitrogen and oxygen atoms in total. The Labute approximate surface area is 142 Å². The lowest BCUT2D eigenvalue weighted by atomic mass is 9.75. The molecule has 2 heterocycles. The molecule has 1 aromatic carbocycles. The summed E-state index contributed by atoms with van der Waals surface area (Å²) >= 11 is 0. The quantitative estimate of drug-likeness (QED) is 0.671. The van der Waals surface area contributed by atoms with Gasteiger partial charge in [0.15, 0.2) is 0 Å². The summed E-state index contributed by atoms with van der Waals surface area (Å²) in [6.45, 7) is 0. The van der Waals surface area contributed by atoms with E-state index in [4.69, 9.17) is 4.52 Å². The number of nitrogens with one attached hydrogen (secondary N) is 2. The minimum absolute atomic E-state index is 0.0661. The average Bonchev–Trinajstić information content (AvgIpc) is 3.03. The Morgan fingerprint density at radius 3 is 2.84 bits per heavy atom. The molecule has 0 aliphatic heterocycles. The molecule has 3 aromatic rings. The van der Waals surface area contributed by atoms with Gasteiger partial charge in [0.05, 0.1) is 23.7 Å². The van der Waals surface area contributed by atoms with Crippen LogP contribution in [0.4, 0.5) is 0 Å². The molecular formula is C18H17N3O4. The average molecular weight is 339 g/mol. The zero-order valence-corrected chi connectivity index (χ0v) is 13.3. The Balaban J connectivity index is 1.65. The number of carbonyl (C=O) groups is 1. The van der Waals surface area contributed by atoms with Gasteiger partial charge in [-0.3, -0.25) is 14.6 Å². The number of aromatic amines is 1. The van der Waals surface area contributed by atoms with Crippen LogP contribution in [-0.2, 0) is 0 Å². The molecular weight excluding hydrogens is 322 g/mol. The first-order valence-electron chi connectivity index (χ1n) is 8.12. The molecule has 7 heteroatoms. The normalized spacial score (nSPS) is 20.8. The van der Waals surface area contributed by atoms with Crippen molar-refractivity contribution >= 4 is 16.8 Å². The number of amides is 1. The fraction of sp³-hybridized carbons (Fsp3) is 0.278. The van der Waals surface area contributed by atoms with Crippen LogP contribution >= 0.6 is 0 Å². The maximum absolute atomic E-state index is 12.4. The summed E-state index contributed by atoms with van der Waals surface area (Å²) in [5.41, 5.74) is 1.27. The fourth-order valence-corrected chi connectivity index (χ4v) is 3.24. The molecule has 0 unspecified atom stereocenters. The number of aliphatic hydroxyl groups is 1. The number of rotatable bonds is 4. The van der Waals surface area contributed by atoms with Crippen LogP contribution in [0.3, 0.4) is 0 Å². The van der Waals surface area contributed by atoms with Gasteiger partial charge in [0.1, 0.15) is 0 Å². The topological polar surface area (TPSA) is 108 Å². The number of carbonyl (C=O) groups excluding carboxylic acids is 1. The highest BCUT2D eigenvalue weighted by Gasteiger charge is 2.36. The number of para-hydroxylation sites is 1. The molecule has 0 bridgehead atoms. The minimum Gasteiger partial charge on any atom is -0.393 e. The van der Waals surface area contributed by atoms with Gasteiger partial charge in [-0.15, -0.1) is 0 Å². The molecule has 1 aliphatic rings. The van der Waals surface area contributed by atoms with E-state index in [-0.39, 0.29) is 23.8 Å². The smallest absolute Gasteiger partial charge is 0.290 e. The Hall–Kier alpha value is -2.93. The van der Waals surface area contributed by atoms with E-state index in [1.165, 1.54) is 0 Å². The molecule has 1 amide bonds. The summed E-state index contributed by atoms with van der Waals surface area (Å²) in [4.78, 5) is 28.0. The maximum Gasteiger partial charge on any atom is 0.290 e. The Bertz CT molecular complexity index is 971. The number of aliphatic hydroxyl groups excluding tert-OH is 1. The van der Waals surface area contributed by atoms with Crippen LogP contribution in [-0.4, -0.2) is 27.3 Å². The Morgan fingerprint density at radius 1 is 1.32 bits per heavy atom. The van der Waals surface area contributed by atoms with E-state index in [9.17, 15) is 14.7 Å². The van der Waals surface area contributed by atoms with E-state index in [0.717, 1.165) is 22.5 Å². The van der Waals surface area contributed by atoms with Crippen molar-refractivity contribution in [3.05, 3.63) is 64.3 Å². The van der Waals surface area contributed by atoms with Crippen LogP contribution in [0.5, 0.6) is 0 Å². The first-order chi connectivity index (χ1) is 12.1. The molecule has 3 N–H and O–H groups in total. The van der Waals surface area contributed by atoms with E-state index in [2.05, 4.69) is 15.5 Å². The van der Waals surface area contributed by atoms with E-state index >= 15 is 0 Å². The number of hydrogen-bond donors (Lipinski definition) is 3. The number of aromatic nitrogens is 2. The number of H-pyrrole nitrogens is 1. The summed E-state index contributed by atoms with van der Waals surface area (Å²) in [5.74, 6) is -0.436. The third-order valence-corrected chi connectivity index (χ3v) is 4.63. The van der Waals surface area contributed by atoms with Gasteiger partial charge in [-0.05, 0) is 36.5 Å². The molecule has 1 fully saturated rings. The minimum atomic E-state index is -0.474. The van der Waals surface area contributed by atoms with Gasteiger partial charge in [0, 0.05) is 11.6 Å². The van der Waals surface area contributed by atoms with Gasteiger partial charge in [-0.25, -0.2) is 0 Å². The lowest BCUT2D eigenvalue weighted by Crippen LogP contribution is -2.41. The largest absolute Gasteiger partial charge is 0.393 e. The van der Waals surface area contributed by atoms with E-state index in [0.29, 0.717) is 12.8 Å². The van der Waals surface area contributed by atoms with Crippen molar-refractivity contribution in [3.8, 4) is 0 Å². The van der Waals surface area contributed by atoms with Crippen LogP contribution in [0, 0.1) is 5.92 Å². The van der Waals surface area contributed by atoms with Crippen LogP contribution in [0.1, 0.15) is 35.0 Å². The van der Waals surface area contributed by atoms with Crippen molar-refractivity contribution in [1.29, 1.82) is 0 Å². The highest BCUT2D eigenvalue weighted by atomic mass is 16.5. The number of fused-ring (bicyclic) bond motifs is 1. The van der Waals surface area contributed by atoms with Gasteiger partial charge in [-0.1, -0.05) is 18.2 Å². The van der Waals surface area contributed by atoms with Crippen LogP contribution in [0.25, 0.3) is 10.9 Å². The predicted molar refractivity (Wildman–Crippen MR) is 90.0 cm³/mol. The Morgan fingerprint density at radius 2 is 2.12 bits per heavy atom. The standard InChI is InChI=1S/C18H17N3O4/c22-13-6-11(7-13)17(20-18(24)15-8-16(23)21-25-15)12-5-10-3-1-2-4-14(10)19-9-12/h1-5,8-9,11,13,17,22H,6-7H2,(H,20,24)(H,21,23)/t11?,13?,17-/m0/s1. The fourth-order valence-electron chi connectivity index (χ4n) is 3.24. The van der Waals surface area contributed by atoms with E-state index < -0.39 is 11.5 Å². The molecule has 1 saturated carbocycles. The summed E-state index contributed by atoms with van der Waals surface area (Å²) in [6, 6.07) is 10.5. The molecule has 128 valence electrons. The lowest BCUT2D eigenvalue weighted by molar-refractivity contribution is 0.0231. The molecule has 4 rings (SSSR count). The first kappa shape index (κ1) is 15.6. The van der Waals surface area contributed by atoms with Gasteiger partial charge >= 0.3 is 0 Å². The molecule has 2 aromatic heterocycles. The molecule has 0 radical (unpaired) electrons. The summed E-state index contributed by atoms with van der Waals surface area (Å²) in [6.07, 6.45) is 2.61. The molecule has 25 heavy (non-hydrogen) atoms. The monoisotopic (exact) mass is 339 g/mol. The third kappa shape index (κ3) is 3.06. The number of benzene rings is 1. The molecule has 0 saturated heterocycles. The molecule has 0 spiro atoms. The summed E-state index contributed by atoms with van der Waals surface area (Å²) < 4.78 is 4.87. The molecule has 1 aliphatic carbocycles. The number of hydrogen-bond acceptors (Lipinski definition) is 5. The number of pyridine rings is 1. The third-order valence-electron chi connectivity index (χ3n) is 4.63. The summed E-state index contributed by atoms with van der Waals surface area (Å²) in [7, 11) is 0. The van der Waals surface area contributed by atoms with Gasteiger partial charge in [0.25, 0.3) is 11.5 Å². The highest BCUT2D eigenvalue weighted by Crippen LogP contribution is 2.38. The van der Waals surface area contributed by atoms with Crippen molar-refractivity contribution < 1.29 is 14.4 Å². The first-order valence-corrected chi connectivity index (χ1v) is 8.12. The van der Waals surface area contributed by atoms with Crippen molar-refractivity contribution in [3.63, 3.8) is 0 Å². The van der Waals surface area contributed by atoms with Gasteiger partial charge < -0.3 is 14.9 Å². The van der Waals surface area contributed by atoms with Gasteiger partial charge in [-0.2, -0.15) is 5.16 Å². The van der Waals surface area contributed by atoms with E-state index in [1.54, 1.807) is 6.20 Å². The predicted octanol–water partition coefficient (Wildman–Crippen LogP) is 1.76. The van der Waals surface area contributed by atoms with Crippen molar-refractivity contribution in [1.82, 2.24) is 15.5 Å².